The van der Waals surface area contributed by atoms with Gasteiger partial charge in [0.15, 0.2) is 0 Å². The average Bonchev–Trinajstić information content (AvgIpc) is 2.36. The number of nitrogens with one attached hydrogen (secondary N) is 1. The third-order valence-corrected chi connectivity index (χ3v) is 3.71. The molecule has 2 unspecified atom stereocenters. The molecule has 2 nitrogen and oxygen atoms in total. The molecular formula is C16H22F3NO. The highest BCUT2D eigenvalue weighted by Gasteiger charge is 2.35. The minimum atomic E-state index is -4.30. The molecule has 1 heterocycles. The lowest BCUT2D eigenvalue weighted by Gasteiger charge is -2.40. The summed E-state index contributed by atoms with van der Waals surface area (Å²) < 4.78 is 43.9. The van der Waals surface area contributed by atoms with Gasteiger partial charge in [0.2, 0.25) is 0 Å². The van der Waals surface area contributed by atoms with Crippen LogP contribution >= 0.6 is 0 Å². The zero-order valence-electron chi connectivity index (χ0n) is 12.6. The van der Waals surface area contributed by atoms with Crippen molar-refractivity contribution >= 4 is 0 Å². The number of alkyl halides is 3. The normalized spacial score (nSPS) is 27.1. The Labute approximate surface area is 123 Å². The van der Waals surface area contributed by atoms with E-state index in [1.165, 1.54) is 12.1 Å². The van der Waals surface area contributed by atoms with E-state index in [-0.39, 0.29) is 11.7 Å². The van der Waals surface area contributed by atoms with Crippen LogP contribution in [0.5, 0.6) is 0 Å². The Balaban J connectivity index is 2.11. The van der Waals surface area contributed by atoms with Crippen LogP contribution in [0.2, 0.25) is 0 Å². The molecule has 0 saturated carbocycles. The predicted octanol–water partition coefficient (Wildman–Crippen LogP) is 4.17. The van der Waals surface area contributed by atoms with Crippen molar-refractivity contribution in [3.8, 4) is 0 Å². The summed E-state index contributed by atoms with van der Waals surface area (Å²) in [7, 11) is 0. The first-order valence-corrected chi connectivity index (χ1v) is 7.25. The standard InChI is InChI=1S/C16H22F3NO/c1-11(2)8-15(3)10-20-9-14(21-15)12-4-6-13(7-5-12)16(17,18)19/h4-7,11,14,20H,8-10H2,1-3H3. The summed E-state index contributed by atoms with van der Waals surface area (Å²) >= 11 is 0. The molecule has 2 rings (SSSR count). The van der Waals surface area contributed by atoms with Crippen molar-refractivity contribution in [3.63, 3.8) is 0 Å². The lowest BCUT2D eigenvalue weighted by atomic mass is 9.91. The molecule has 5 heteroatoms. The van der Waals surface area contributed by atoms with Gasteiger partial charge in [0.25, 0.3) is 0 Å². The van der Waals surface area contributed by atoms with E-state index in [4.69, 9.17) is 4.74 Å². The van der Waals surface area contributed by atoms with Gasteiger partial charge in [0.05, 0.1) is 17.3 Å². The summed E-state index contributed by atoms with van der Waals surface area (Å²) in [6, 6.07) is 5.26. The number of hydrogen-bond acceptors (Lipinski definition) is 2. The highest BCUT2D eigenvalue weighted by molar-refractivity contribution is 5.26. The second-order valence-electron chi connectivity index (χ2n) is 6.41. The third-order valence-electron chi connectivity index (χ3n) is 3.71. The van der Waals surface area contributed by atoms with Crippen molar-refractivity contribution in [2.75, 3.05) is 13.1 Å². The summed E-state index contributed by atoms with van der Waals surface area (Å²) in [5.74, 6) is 0.503. The van der Waals surface area contributed by atoms with Crippen LogP contribution in [0.15, 0.2) is 24.3 Å². The zero-order chi connectivity index (χ0) is 15.7. The number of ether oxygens (including phenoxy) is 1. The van der Waals surface area contributed by atoms with E-state index in [1.54, 1.807) is 0 Å². The molecule has 0 radical (unpaired) electrons. The number of rotatable bonds is 3. The van der Waals surface area contributed by atoms with Crippen molar-refractivity contribution in [1.29, 1.82) is 0 Å². The van der Waals surface area contributed by atoms with E-state index in [0.717, 1.165) is 30.7 Å². The Hall–Kier alpha value is -1.07. The Bertz CT molecular complexity index is 469. The zero-order valence-corrected chi connectivity index (χ0v) is 12.6. The lowest BCUT2D eigenvalue weighted by molar-refractivity contribution is -0.137. The first kappa shape index (κ1) is 16.3. The van der Waals surface area contributed by atoms with Gasteiger partial charge < -0.3 is 10.1 Å². The van der Waals surface area contributed by atoms with E-state index in [1.807, 2.05) is 0 Å². The fourth-order valence-electron chi connectivity index (χ4n) is 2.95. The van der Waals surface area contributed by atoms with Crippen molar-refractivity contribution in [2.24, 2.45) is 5.92 Å². The minimum absolute atomic E-state index is 0.204. The van der Waals surface area contributed by atoms with Crippen LogP contribution in [-0.2, 0) is 10.9 Å². The second-order valence-corrected chi connectivity index (χ2v) is 6.41. The average molecular weight is 301 g/mol. The summed E-state index contributed by atoms with van der Waals surface area (Å²) in [5, 5.41) is 3.33. The molecule has 1 aromatic carbocycles. The molecule has 1 N–H and O–H groups in total. The Morgan fingerprint density at radius 3 is 2.43 bits per heavy atom. The van der Waals surface area contributed by atoms with Gasteiger partial charge in [0.1, 0.15) is 0 Å². The molecule has 1 fully saturated rings. The van der Waals surface area contributed by atoms with Gasteiger partial charge in [-0.1, -0.05) is 26.0 Å². The Kier molecular flexibility index (Phi) is 4.63. The van der Waals surface area contributed by atoms with Crippen LogP contribution in [0.25, 0.3) is 0 Å². The molecule has 0 aromatic heterocycles. The second kappa shape index (κ2) is 5.97. The van der Waals surface area contributed by atoms with Gasteiger partial charge in [-0.15, -0.1) is 0 Å². The quantitative estimate of drug-likeness (QED) is 0.904. The van der Waals surface area contributed by atoms with Gasteiger partial charge >= 0.3 is 6.18 Å². The molecule has 0 aliphatic carbocycles. The van der Waals surface area contributed by atoms with Crippen molar-refractivity contribution in [3.05, 3.63) is 35.4 Å². The number of halogens is 3. The number of hydrogen-bond donors (Lipinski definition) is 1. The van der Waals surface area contributed by atoms with E-state index in [9.17, 15) is 13.2 Å². The molecule has 0 amide bonds. The molecule has 118 valence electrons. The Morgan fingerprint density at radius 2 is 1.90 bits per heavy atom. The van der Waals surface area contributed by atoms with Crippen LogP contribution in [0, 0.1) is 5.92 Å². The van der Waals surface area contributed by atoms with Crippen LogP contribution in [-0.4, -0.2) is 18.7 Å². The number of benzene rings is 1. The SMILES string of the molecule is CC(C)CC1(C)CNCC(c2ccc(C(F)(F)F)cc2)O1. The fourth-order valence-corrected chi connectivity index (χ4v) is 2.95. The lowest BCUT2D eigenvalue weighted by Crippen LogP contribution is -2.49. The summed E-state index contributed by atoms with van der Waals surface area (Å²) in [6.45, 7) is 7.71. The topological polar surface area (TPSA) is 21.3 Å². The third kappa shape index (κ3) is 4.20. The molecule has 1 aromatic rings. The van der Waals surface area contributed by atoms with Crippen LogP contribution in [0.4, 0.5) is 13.2 Å². The fraction of sp³-hybridized carbons (Fsp3) is 0.625. The summed E-state index contributed by atoms with van der Waals surface area (Å²) in [6.07, 6.45) is -3.59. The van der Waals surface area contributed by atoms with Crippen molar-refractivity contribution in [1.82, 2.24) is 5.32 Å². The van der Waals surface area contributed by atoms with Crippen LogP contribution in [0.3, 0.4) is 0 Å². The summed E-state index contributed by atoms with van der Waals surface area (Å²) in [5.41, 5.74) is -0.120. The molecule has 21 heavy (non-hydrogen) atoms. The van der Waals surface area contributed by atoms with Crippen LogP contribution in [0.1, 0.15) is 44.4 Å². The van der Waals surface area contributed by atoms with E-state index in [2.05, 4.69) is 26.1 Å². The van der Waals surface area contributed by atoms with Gasteiger partial charge in [0, 0.05) is 13.1 Å². The van der Waals surface area contributed by atoms with Gasteiger partial charge in [-0.2, -0.15) is 13.2 Å². The van der Waals surface area contributed by atoms with Crippen molar-refractivity contribution < 1.29 is 17.9 Å². The maximum absolute atomic E-state index is 12.6. The smallest absolute Gasteiger partial charge is 0.365 e. The minimum Gasteiger partial charge on any atom is -0.365 e. The molecular weight excluding hydrogens is 279 g/mol. The largest absolute Gasteiger partial charge is 0.416 e. The van der Waals surface area contributed by atoms with Crippen LogP contribution < -0.4 is 5.32 Å². The van der Waals surface area contributed by atoms with Crippen molar-refractivity contribution in [2.45, 2.75) is 45.1 Å². The molecule has 0 spiro atoms. The molecule has 2 atom stereocenters. The summed E-state index contributed by atoms with van der Waals surface area (Å²) in [4.78, 5) is 0. The first-order chi connectivity index (χ1) is 9.70. The maximum Gasteiger partial charge on any atom is 0.416 e. The van der Waals surface area contributed by atoms with E-state index in [0.29, 0.717) is 12.5 Å². The van der Waals surface area contributed by atoms with E-state index < -0.39 is 11.7 Å². The van der Waals surface area contributed by atoms with Gasteiger partial charge in [-0.3, -0.25) is 0 Å². The highest BCUT2D eigenvalue weighted by Crippen LogP contribution is 2.34. The molecule has 1 aliphatic rings. The van der Waals surface area contributed by atoms with E-state index >= 15 is 0 Å². The van der Waals surface area contributed by atoms with Gasteiger partial charge in [-0.05, 0) is 37.0 Å². The molecule has 0 bridgehead atoms. The monoisotopic (exact) mass is 301 g/mol. The Morgan fingerprint density at radius 1 is 1.29 bits per heavy atom. The number of morpholine rings is 1. The highest BCUT2D eigenvalue weighted by atomic mass is 19.4. The molecule has 1 saturated heterocycles. The predicted molar refractivity (Wildman–Crippen MR) is 76.0 cm³/mol. The first-order valence-electron chi connectivity index (χ1n) is 7.25. The molecule has 1 aliphatic heterocycles. The van der Waals surface area contributed by atoms with Gasteiger partial charge in [-0.25, -0.2) is 0 Å². The maximum atomic E-state index is 12.6.